The summed E-state index contributed by atoms with van der Waals surface area (Å²) in [7, 11) is 0. The first-order valence-electron chi connectivity index (χ1n) is 7.11. The minimum Gasteiger partial charge on any atom is -0.462 e. The molecule has 0 aliphatic rings. The van der Waals surface area contributed by atoms with Crippen molar-refractivity contribution in [2.45, 2.75) is 13.5 Å². The van der Waals surface area contributed by atoms with E-state index in [1.165, 1.54) is 6.20 Å². The van der Waals surface area contributed by atoms with Gasteiger partial charge >= 0.3 is 5.97 Å². The summed E-state index contributed by atoms with van der Waals surface area (Å²) in [5, 5.41) is 4.46. The zero-order chi connectivity index (χ0) is 17.3. The maximum absolute atomic E-state index is 12.3. The summed E-state index contributed by atoms with van der Waals surface area (Å²) in [5.41, 5.74) is 0.218. The van der Waals surface area contributed by atoms with E-state index in [4.69, 9.17) is 32.4 Å². The van der Waals surface area contributed by atoms with E-state index in [1.807, 2.05) is 0 Å². The molecule has 24 heavy (non-hydrogen) atoms. The van der Waals surface area contributed by atoms with Gasteiger partial charge in [0.2, 0.25) is 0 Å². The molecule has 1 aromatic carbocycles. The first-order valence-corrected chi connectivity index (χ1v) is 7.87. The Hall–Kier alpha value is -2.31. The lowest BCUT2D eigenvalue weighted by molar-refractivity contribution is 0.0525. The number of fused-ring (bicyclic) bond motifs is 1. The molecule has 3 aromatic rings. The van der Waals surface area contributed by atoms with Gasteiger partial charge in [-0.3, -0.25) is 4.79 Å². The topological polar surface area (TPSA) is 74.3 Å². The number of esters is 1. The molecule has 8 heteroatoms. The first kappa shape index (κ1) is 16.5. The second kappa shape index (κ2) is 6.67. The minimum atomic E-state index is -0.570. The van der Waals surface area contributed by atoms with Gasteiger partial charge in [-0.15, -0.1) is 0 Å². The van der Waals surface area contributed by atoms with Crippen LogP contribution >= 0.6 is 23.2 Å². The van der Waals surface area contributed by atoms with Gasteiger partial charge in [0.05, 0.1) is 17.8 Å². The molecule has 0 radical (unpaired) electrons. The number of rotatable bonds is 4. The highest BCUT2D eigenvalue weighted by atomic mass is 35.5. The Morgan fingerprint density at radius 3 is 2.83 bits per heavy atom. The average molecular weight is 367 g/mol. The van der Waals surface area contributed by atoms with Crippen molar-refractivity contribution in [3.63, 3.8) is 0 Å². The van der Waals surface area contributed by atoms with E-state index in [0.717, 1.165) is 4.68 Å². The summed E-state index contributed by atoms with van der Waals surface area (Å²) in [4.78, 5) is 24.4. The molecule has 0 unspecified atom stereocenters. The Kier molecular flexibility index (Phi) is 4.59. The number of aromatic nitrogens is 2. The number of furan rings is 1. The van der Waals surface area contributed by atoms with E-state index < -0.39 is 11.5 Å². The van der Waals surface area contributed by atoms with Crippen molar-refractivity contribution in [1.29, 1.82) is 0 Å². The maximum Gasteiger partial charge on any atom is 0.342 e. The highest BCUT2D eigenvalue weighted by molar-refractivity contribution is 6.41. The lowest BCUT2D eigenvalue weighted by Crippen LogP contribution is -2.24. The predicted octanol–water partition coefficient (Wildman–Crippen LogP) is 3.52. The predicted molar refractivity (Wildman–Crippen MR) is 89.8 cm³/mol. The fourth-order valence-corrected chi connectivity index (χ4v) is 2.60. The van der Waals surface area contributed by atoms with Crippen molar-refractivity contribution in [2.75, 3.05) is 6.61 Å². The summed E-state index contributed by atoms with van der Waals surface area (Å²) in [6.07, 6.45) is 1.26. The SMILES string of the molecule is CCOC(=O)c1c(Cn2ncc(Cl)c(Cl)c2=O)oc2ccccc12. The van der Waals surface area contributed by atoms with Crippen LogP contribution in [0.15, 0.2) is 39.7 Å². The zero-order valence-electron chi connectivity index (χ0n) is 12.6. The van der Waals surface area contributed by atoms with Crippen molar-refractivity contribution >= 4 is 40.1 Å². The number of carbonyl (C=O) groups is 1. The third kappa shape index (κ3) is 2.90. The monoisotopic (exact) mass is 366 g/mol. The molecular weight excluding hydrogens is 355 g/mol. The van der Waals surface area contributed by atoms with E-state index in [2.05, 4.69) is 5.10 Å². The van der Waals surface area contributed by atoms with Gasteiger partial charge in [0.25, 0.3) is 5.56 Å². The number of halogens is 2. The number of ether oxygens (including phenoxy) is 1. The van der Waals surface area contributed by atoms with Crippen LogP contribution in [0.3, 0.4) is 0 Å². The number of hydrogen-bond acceptors (Lipinski definition) is 5. The molecule has 2 heterocycles. The first-order chi connectivity index (χ1) is 11.5. The third-order valence-electron chi connectivity index (χ3n) is 3.38. The molecule has 6 nitrogen and oxygen atoms in total. The smallest absolute Gasteiger partial charge is 0.342 e. The van der Waals surface area contributed by atoms with Crippen molar-refractivity contribution < 1.29 is 13.9 Å². The summed E-state index contributed by atoms with van der Waals surface area (Å²) < 4.78 is 11.9. The van der Waals surface area contributed by atoms with E-state index in [0.29, 0.717) is 11.0 Å². The normalized spacial score (nSPS) is 11.0. The molecule has 0 aliphatic heterocycles. The molecule has 0 saturated carbocycles. The highest BCUT2D eigenvalue weighted by Gasteiger charge is 2.23. The lowest BCUT2D eigenvalue weighted by atomic mass is 10.1. The molecule has 2 aromatic heterocycles. The number of nitrogens with zero attached hydrogens (tertiary/aromatic N) is 2. The van der Waals surface area contributed by atoms with Gasteiger partial charge < -0.3 is 9.15 Å². The fourth-order valence-electron chi connectivity index (χ4n) is 2.33. The summed E-state index contributed by atoms with van der Waals surface area (Å²) in [6.45, 7) is 1.87. The minimum absolute atomic E-state index is 0.0631. The summed E-state index contributed by atoms with van der Waals surface area (Å²) in [5.74, 6) is -0.256. The Balaban J connectivity index is 2.13. The molecule has 0 N–H and O–H groups in total. The van der Waals surface area contributed by atoms with E-state index in [-0.39, 0.29) is 34.5 Å². The molecule has 3 rings (SSSR count). The quantitative estimate of drug-likeness (QED) is 0.660. The molecule has 0 saturated heterocycles. The van der Waals surface area contributed by atoms with Gasteiger partial charge in [-0.2, -0.15) is 5.10 Å². The molecule has 0 bridgehead atoms. The van der Waals surface area contributed by atoms with Crippen LogP contribution in [-0.2, 0) is 11.3 Å². The van der Waals surface area contributed by atoms with Crippen LogP contribution in [0.5, 0.6) is 0 Å². The highest BCUT2D eigenvalue weighted by Crippen LogP contribution is 2.27. The van der Waals surface area contributed by atoms with Crippen molar-refractivity contribution in [1.82, 2.24) is 9.78 Å². The third-order valence-corrected chi connectivity index (χ3v) is 4.13. The molecule has 0 atom stereocenters. The summed E-state index contributed by atoms with van der Waals surface area (Å²) in [6, 6.07) is 7.05. The Morgan fingerprint density at radius 2 is 2.08 bits per heavy atom. The van der Waals surface area contributed by atoms with Crippen LogP contribution in [0.4, 0.5) is 0 Å². The Morgan fingerprint density at radius 1 is 1.33 bits per heavy atom. The van der Waals surface area contributed by atoms with Crippen LogP contribution in [-0.4, -0.2) is 22.4 Å². The van der Waals surface area contributed by atoms with Crippen LogP contribution in [0.1, 0.15) is 23.0 Å². The van der Waals surface area contributed by atoms with Gasteiger partial charge in [0.15, 0.2) is 0 Å². The van der Waals surface area contributed by atoms with E-state index in [9.17, 15) is 9.59 Å². The standard InChI is InChI=1S/C16H12Cl2N2O4/c1-2-23-16(22)13-9-5-3-4-6-11(9)24-12(13)8-20-15(21)14(18)10(17)7-19-20/h3-7H,2,8H2,1H3. The van der Waals surface area contributed by atoms with Gasteiger partial charge in [-0.1, -0.05) is 41.4 Å². The lowest BCUT2D eigenvalue weighted by Gasteiger charge is -2.06. The maximum atomic E-state index is 12.3. The Labute approximate surface area is 146 Å². The zero-order valence-corrected chi connectivity index (χ0v) is 14.1. The largest absolute Gasteiger partial charge is 0.462 e. The second-order valence-electron chi connectivity index (χ2n) is 4.89. The van der Waals surface area contributed by atoms with Crippen LogP contribution < -0.4 is 5.56 Å². The van der Waals surface area contributed by atoms with Gasteiger partial charge in [0, 0.05) is 5.39 Å². The molecule has 0 fully saturated rings. The number of hydrogen-bond donors (Lipinski definition) is 0. The fraction of sp³-hybridized carbons (Fsp3) is 0.188. The van der Waals surface area contributed by atoms with Crippen molar-refractivity contribution in [2.24, 2.45) is 0 Å². The Bertz CT molecular complexity index is 978. The van der Waals surface area contributed by atoms with E-state index >= 15 is 0 Å². The van der Waals surface area contributed by atoms with Gasteiger partial charge in [-0.25, -0.2) is 9.48 Å². The second-order valence-corrected chi connectivity index (χ2v) is 5.67. The van der Waals surface area contributed by atoms with Crippen LogP contribution in [0.25, 0.3) is 11.0 Å². The van der Waals surface area contributed by atoms with Crippen molar-refractivity contribution in [3.8, 4) is 0 Å². The summed E-state index contributed by atoms with van der Waals surface area (Å²) >= 11 is 11.6. The number of para-hydroxylation sites is 1. The van der Waals surface area contributed by atoms with E-state index in [1.54, 1.807) is 31.2 Å². The molecule has 124 valence electrons. The molecular formula is C16H12Cl2N2O4. The average Bonchev–Trinajstić information content (AvgIpc) is 2.93. The van der Waals surface area contributed by atoms with Crippen LogP contribution in [0.2, 0.25) is 10.0 Å². The molecule has 0 amide bonds. The number of carbonyl (C=O) groups excluding carboxylic acids is 1. The van der Waals surface area contributed by atoms with Gasteiger partial charge in [-0.05, 0) is 13.0 Å². The van der Waals surface area contributed by atoms with Gasteiger partial charge in [0.1, 0.15) is 28.5 Å². The van der Waals surface area contributed by atoms with Crippen molar-refractivity contribution in [3.05, 3.63) is 62.2 Å². The molecule has 0 spiro atoms. The van der Waals surface area contributed by atoms with Crippen LogP contribution in [0, 0.1) is 0 Å². The number of benzene rings is 1. The molecule has 0 aliphatic carbocycles.